The van der Waals surface area contributed by atoms with Gasteiger partial charge in [0.15, 0.2) is 0 Å². The third kappa shape index (κ3) is 3.69. The van der Waals surface area contributed by atoms with Gasteiger partial charge in [-0.3, -0.25) is 14.5 Å². The second kappa shape index (κ2) is 7.36. The van der Waals surface area contributed by atoms with Crippen molar-refractivity contribution in [3.63, 3.8) is 0 Å². The number of pyridine rings is 1. The lowest BCUT2D eigenvalue weighted by molar-refractivity contribution is -0.121. The van der Waals surface area contributed by atoms with Gasteiger partial charge in [0.05, 0.1) is 6.54 Å². The van der Waals surface area contributed by atoms with Crippen LogP contribution >= 0.6 is 0 Å². The van der Waals surface area contributed by atoms with Crippen molar-refractivity contribution >= 4 is 16.7 Å². The molecule has 1 aromatic carbocycles. The Morgan fingerprint density at radius 2 is 2.04 bits per heavy atom. The number of aromatic nitrogens is 5. The zero-order chi connectivity index (χ0) is 18.6. The first-order valence-electron chi connectivity index (χ1n) is 8.62. The molecule has 1 amide bonds. The molecule has 8 nitrogen and oxygen atoms in total. The highest BCUT2D eigenvalue weighted by molar-refractivity contribution is 5.92. The van der Waals surface area contributed by atoms with Gasteiger partial charge >= 0.3 is 0 Å². The third-order valence-corrected chi connectivity index (χ3v) is 4.26. The summed E-state index contributed by atoms with van der Waals surface area (Å²) in [6.45, 7) is 2.65. The summed E-state index contributed by atoms with van der Waals surface area (Å²) in [6, 6.07) is 11.7. The predicted molar refractivity (Wildman–Crippen MR) is 98.5 cm³/mol. The van der Waals surface area contributed by atoms with Gasteiger partial charge in [0, 0.05) is 36.4 Å². The van der Waals surface area contributed by atoms with Crippen molar-refractivity contribution in [2.45, 2.75) is 26.4 Å². The van der Waals surface area contributed by atoms with E-state index in [-0.39, 0.29) is 12.5 Å². The molecule has 136 valence electrons. The summed E-state index contributed by atoms with van der Waals surface area (Å²) in [5, 5.41) is 17.0. The van der Waals surface area contributed by atoms with Crippen LogP contribution in [0.2, 0.25) is 0 Å². The van der Waals surface area contributed by atoms with Gasteiger partial charge in [-0.2, -0.15) is 5.10 Å². The second-order valence-electron chi connectivity index (χ2n) is 6.10. The van der Waals surface area contributed by atoms with Gasteiger partial charge in [-0.1, -0.05) is 24.3 Å². The lowest BCUT2D eigenvalue weighted by Crippen LogP contribution is -2.24. The van der Waals surface area contributed by atoms with E-state index in [0.29, 0.717) is 30.4 Å². The number of benzene rings is 1. The predicted octanol–water partition coefficient (Wildman–Crippen LogP) is 2.50. The number of hydrogen-bond donors (Lipinski definition) is 1. The zero-order valence-electron chi connectivity index (χ0n) is 14.8. The maximum Gasteiger partial charge on any atom is 0.266 e. The summed E-state index contributed by atoms with van der Waals surface area (Å²) in [4.78, 5) is 16.4. The molecule has 0 saturated carbocycles. The number of rotatable bonds is 6. The molecule has 0 spiro atoms. The number of nitrogens with one attached hydrogen (secondary N) is 1. The minimum Gasteiger partial charge on any atom is -0.417 e. The van der Waals surface area contributed by atoms with Crippen LogP contribution in [0, 0.1) is 6.92 Å². The summed E-state index contributed by atoms with van der Waals surface area (Å²) >= 11 is 0. The molecule has 4 rings (SSSR count). The van der Waals surface area contributed by atoms with E-state index in [2.05, 4.69) is 25.6 Å². The van der Waals surface area contributed by atoms with Crippen LogP contribution in [0.5, 0.6) is 0 Å². The molecule has 0 bridgehead atoms. The first kappa shape index (κ1) is 16.9. The summed E-state index contributed by atoms with van der Waals surface area (Å²) in [5.41, 5.74) is 1.65. The van der Waals surface area contributed by atoms with Gasteiger partial charge in [0.2, 0.25) is 11.8 Å². The van der Waals surface area contributed by atoms with Crippen LogP contribution in [-0.2, 0) is 17.9 Å². The van der Waals surface area contributed by atoms with E-state index >= 15 is 0 Å². The number of fused-ring (bicyclic) bond motifs is 1. The quantitative estimate of drug-likeness (QED) is 0.566. The molecule has 4 aromatic rings. The number of nitrogens with zero attached hydrogens (tertiary/aromatic N) is 5. The minimum atomic E-state index is -0.104. The van der Waals surface area contributed by atoms with Gasteiger partial charge in [0.1, 0.15) is 5.69 Å². The first-order valence-corrected chi connectivity index (χ1v) is 8.62. The third-order valence-electron chi connectivity index (χ3n) is 4.26. The van der Waals surface area contributed by atoms with Crippen LogP contribution in [0.25, 0.3) is 22.4 Å². The molecule has 3 aromatic heterocycles. The van der Waals surface area contributed by atoms with Crippen LogP contribution in [0.3, 0.4) is 0 Å². The molecular weight excluding hydrogens is 344 g/mol. The van der Waals surface area contributed by atoms with Crippen LogP contribution in [-0.4, -0.2) is 30.9 Å². The fourth-order valence-electron chi connectivity index (χ4n) is 2.81. The Labute approximate surface area is 155 Å². The molecule has 8 heteroatoms. The van der Waals surface area contributed by atoms with Crippen molar-refractivity contribution in [2.24, 2.45) is 0 Å². The van der Waals surface area contributed by atoms with Crippen molar-refractivity contribution < 1.29 is 9.21 Å². The summed E-state index contributed by atoms with van der Waals surface area (Å²) < 4.78 is 7.47. The van der Waals surface area contributed by atoms with E-state index in [1.807, 2.05) is 43.3 Å². The lowest BCUT2D eigenvalue weighted by Gasteiger charge is -2.04. The van der Waals surface area contributed by atoms with Crippen molar-refractivity contribution in [1.29, 1.82) is 0 Å². The molecule has 0 aliphatic heterocycles. The molecule has 0 saturated heterocycles. The van der Waals surface area contributed by atoms with E-state index in [4.69, 9.17) is 4.42 Å². The van der Waals surface area contributed by atoms with Crippen LogP contribution in [0.1, 0.15) is 18.0 Å². The van der Waals surface area contributed by atoms with Crippen LogP contribution in [0.15, 0.2) is 53.2 Å². The Bertz CT molecular complexity index is 1080. The monoisotopic (exact) mass is 362 g/mol. The number of amides is 1. The Kier molecular flexibility index (Phi) is 4.61. The molecule has 0 aliphatic rings. The van der Waals surface area contributed by atoms with Crippen molar-refractivity contribution in [1.82, 2.24) is 30.3 Å². The van der Waals surface area contributed by atoms with Gasteiger partial charge in [-0.15, -0.1) is 10.2 Å². The number of hydrogen-bond acceptors (Lipinski definition) is 6. The molecule has 0 unspecified atom stereocenters. The fourth-order valence-corrected chi connectivity index (χ4v) is 2.81. The Morgan fingerprint density at radius 3 is 2.89 bits per heavy atom. The van der Waals surface area contributed by atoms with Gasteiger partial charge in [-0.25, -0.2) is 0 Å². The molecule has 1 N–H and O–H groups in total. The standard InChI is InChI=1S/C19H18N6O2/c1-13-6-10-22-25(13)11-8-16(26)21-12-17-23-24-19(27-17)18-15-5-3-2-4-14(15)7-9-20-18/h2-7,9-10H,8,11-12H2,1H3,(H,21,26). The van der Waals surface area contributed by atoms with Gasteiger partial charge in [-0.05, 0) is 24.4 Å². The van der Waals surface area contributed by atoms with E-state index < -0.39 is 0 Å². The Balaban J connectivity index is 1.39. The maximum atomic E-state index is 12.0. The normalized spacial score (nSPS) is 11.0. The second-order valence-corrected chi connectivity index (χ2v) is 6.10. The maximum absolute atomic E-state index is 12.0. The average Bonchev–Trinajstić information content (AvgIpc) is 3.33. The highest BCUT2D eigenvalue weighted by atomic mass is 16.4. The first-order chi connectivity index (χ1) is 13.2. The number of carbonyl (C=O) groups is 1. The average molecular weight is 362 g/mol. The Hall–Kier alpha value is -3.55. The lowest BCUT2D eigenvalue weighted by atomic mass is 10.1. The summed E-state index contributed by atoms with van der Waals surface area (Å²) in [5.74, 6) is 0.569. The van der Waals surface area contributed by atoms with Crippen LogP contribution < -0.4 is 5.32 Å². The van der Waals surface area contributed by atoms with Crippen molar-refractivity contribution in [3.8, 4) is 11.6 Å². The van der Waals surface area contributed by atoms with Gasteiger partial charge < -0.3 is 9.73 Å². The highest BCUT2D eigenvalue weighted by Gasteiger charge is 2.13. The molecule has 3 heterocycles. The highest BCUT2D eigenvalue weighted by Crippen LogP contribution is 2.25. The molecular formula is C19H18N6O2. The van der Waals surface area contributed by atoms with E-state index in [1.165, 1.54) is 0 Å². The SMILES string of the molecule is Cc1ccnn1CCC(=O)NCc1nnc(-c2nccc3ccccc23)o1. The number of aryl methyl sites for hydroxylation is 2. The minimum absolute atomic E-state index is 0.104. The fraction of sp³-hybridized carbons (Fsp3) is 0.211. The summed E-state index contributed by atoms with van der Waals surface area (Å²) in [7, 11) is 0. The largest absolute Gasteiger partial charge is 0.417 e. The molecule has 0 aliphatic carbocycles. The molecule has 0 fully saturated rings. The molecule has 0 atom stereocenters. The van der Waals surface area contributed by atoms with Crippen molar-refractivity contribution in [2.75, 3.05) is 0 Å². The molecule has 27 heavy (non-hydrogen) atoms. The van der Waals surface area contributed by atoms with Gasteiger partial charge in [0.25, 0.3) is 5.89 Å². The van der Waals surface area contributed by atoms with Crippen LogP contribution in [0.4, 0.5) is 0 Å². The zero-order valence-corrected chi connectivity index (χ0v) is 14.8. The van der Waals surface area contributed by atoms with E-state index in [0.717, 1.165) is 16.5 Å². The number of carbonyl (C=O) groups excluding carboxylic acids is 1. The van der Waals surface area contributed by atoms with Crippen molar-refractivity contribution in [3.05, 3.63) is 60.4 Å². The summed E-state index contributed by atoms with van der Waals surface area (Å²) in [6.07, 6.45) is 3.75. The molecule has 0 radical (unpaired) electrons. The smallest absolute Gasteiger partial charge is 0.266 e. The van der Waals surface area contributed by atoms with E-state index in [9.17, 15) is 4.79 Å². The Morgan fingerprint density at radius 1 is 1.15 bits per heavy atom. The topological polar surface area (TPSA) is 98.7 Å². The van der Waals surface area contributed by atoms with E-state index in [1.54, 1.807) is 17.1 Å².